The topological polar surface area (TPSA) is 54.3 Å². The Hall–Kier alpha value is -2.27. The predicted octanol–water partition coefficient (Wildman–Crippen LogP) is 2.99. The van der Waals surface area contributed by atoms with Crippen LogP contribution < -0.4 is 5.32 Å². The molecule has 132 valence electrons. The van der Waals surface area contributed by atoms with Crippen LogP contribution >= 0.6 is 11.6 Å². The smallest absolute Gasteiger partial charge is 0.232 e. The van der Waals surface area contributed by atoms with E-state index in [9.17, 15) is 9.59 Å². The standard InChI is InChI=1S/C19H22ClN3O2/c1-13(2)21-17(24)12-18(25)23-10-9-22-8-4-7-16(22)19(23)14-5-3-6-15(20)11-14/h3-8,11,13,19H,9-10,12H2,1-2H3,(H,21,24)/t19-/m0/s1. The summed E-state index contributed by atoms with van der Waals surface area (Å²) in [7, 11) is 0. The van der Waals surface area contributed by atoms with E-state index in [-0.39, 0.29) is 30.3 Å². The van der Waals surface area contributed by atoms with Gasteiger partial charge in [-0.05, 0) is 43.7 Å². The first-order chi connectivity index (χ1) is 12.0. The van der Waals surface area contributed by atoms with Crippen LogP contribution in [0.1, 0.15) is 37.6 Å². The highest BCUT2D eigenvalue weighted by molar-refractivity contribution is 6.30. The molecule has 1 aromatic carbocycles. The van der Waals surface area contributed by atoms with E-state index in [1.165, 1.54) is 0 Å². The Labute approximate surface area is 152 Å². The van der Waals surface area contributed by atoms with Crippen molar-refractivity contribution in [1.29, 1.82) is 0 Å². The maximum Gasteiger partial charge on any atom is 0.232 e. The SMILES string of the molecule is CC(C)NC(=O)CC(=O)N1CCn2cccc2[C@@H]1c1cccc(Cl)c1. The minimum Gasteiger partial charge on any atom is -0.353 e. The Morgan fingerprint density at radius 3 is 2.76 bits per heavy atom. The van der Waals surface area contributed by atoms with Gasteiger partial charge in [-0.15, -0.1) is 0 Å². The summed E-state index contributed by atoms with van der Waals surface area (Å²) >= 11 is 6.16. The third-order valence-corrected chi connectivity index (χ3v) is 4.52. The maximum absolute atomic E-state index is 12.8. The molecule has 0 fully saturated rings. The number of amides is 2. The molecule has 1 atom stereocenters. The summed E-state index contributed by atoms with van der Waals surface area (Å²) in [4.78, 5) is 26.6. The van der Waals surface area contributed by atoms with Crippen molar-refractivity contribution in [2.24, 2.45) is 0 Å². The van der Waals surface area contributed by atoms with Crippen molar-refractivity contribution in [3.8, 4) is 0 Å². The van der Waals surface area contributed by atoms with E-state index in [4.69, 9.17) is 11.6 Å². The third kappa shape index (κ3) is 3.87. The zero-order chi connectivity index (χ0) is 18.0. The zero-order valence-corrected chi connectivity index (χ0v) is 15.2. The van der Waals surface area contributed by atoms with Gasteiger partial charge in [-0.3, -0.25) is 9.59 Å². The van der Waals surface area contributed by atoms with E-state index in [2.05, 4.69) is 9.88 Å². The number of nitrogens with zero attached hydrogens (tertiary/aromatic N) is 2. The quantitative estimate of drug-likeness (QED) is 0.853. The van der Waals surface area contributed by atoms with E-state index >= 15 is 0 Å². The van der Waals surface area contributed by atoms with Crippen LogP contribution in [-0.2, 0) is 16.1 Å². The van der Waals surface area contributed by atoms with Crippen molar-refractivity contribution in [3.63, 3.8) is 0 Å². The Morgan fingerprint density at radius 2 is 2.04 bits per heavy atom. The predicted molar refractivity (Wildman–Crippen MR) is 97.3 cm³/mol. The molecule has 2 amide bonds. The fraction of sp³-hybridized carbons (Fsp3) is 0.368. The van der Waals surface area contributed by atoms with E-state index in [1.54, 1.807) is 4.90 Å². The Morgan fingerprint density at radius 1 is 1.24 bits per heavy atom. The molecular weight excluding hydrogens is 338 g/mol. The molecule has 0 aliphatic carbocycles. The first-order valence-corrected chi connectivity index (χ1v) is 8.83. The molecule has 1 aliphatic rings. The molecule has 25 heavy (non-hydrogen) atoms. The van der Waals surface area contributed by atoms with E-state index in [0.717, 1.165) is 17.8 Å². The molecule has 1 N–H and O–H groups in total. The second kappa shape index (κ2) is 7.31. The van der Waals surface area contributed by atoms with Gasteiger partial charge in [-0.25, -0.2) is 0 Å². The number of halogens is 1. The van der Waals surface area contributed by atoms with Gasteiger partial charge in [-0.2, -0.15) is 0 Å². The molecular formula is C19H22ClN3O2. The second-order valence-electron chi connectivity index (χ2n) is 6.57. The van der Waals surface area contributed by atoms with Crippen molar-refractivity contribution < 1.29 is 9.59 Å². The Kier molecular flexibility index (Phi) is 5.13. The molecule has 2 heterocycles. The zero-order valence-electron chi connectivity index (χ0n) is 14.4. The number of aromatic nitrogens is 1. The Balaban J connectivity index is 1.89. The van der Waals surface area contributed by atoms with Gasteiger partial charge >= 0.3 is 0 Å². The number of fused-ring (bicyclic) bond motifs is 1. The number of nitrogens with one attached hydrogen (secondary N) is 1. The van der Waals surface area contributed by atoms with Crippen molar-refractivity contribution in [2.45, 2.75) is 38.9 Å². The fourth-order valence-electron chi connectivity index (χ4n) is 3.29. The number of hydrogen-bond acceptors (Lipinski definition) is 2. The molecule has 5 nitrogen and oxygen atoms in total. The fourth-order valence-corrected chi connectivity index (χ4v) is 3.49. The summed E-state index contributed by atoms with van der Waals surface area (Å²) in [5.74, 6) is -0.415. The lowest BCUT2D eigenvalue weighted by Gasteiger charge is -2.37. The average Bonchev–Trinajstić information content (AvgIpc) is 3.01. The molecule has 1 aliphatic heterocycles. The molecule has 3 rings (SSSR count). The number of carbonyl (C=O) groups excluding carboxylic acids is 2. The Bertz CT molecular complexity index is 784. The number of hydrogen-bond donors (Lipinski definition) is 1. The van der Waals surface area contributed by atoms with E-state index in [1.807, 2.05) is 56.4 Å². The summed E-state index contributed by atoms with van der Waals surface area (Å²) in [6.07, 6.45) is 1.87. The van der Waals surface area contributed by atoms with Crippen molar-refractivity contribution in [1.82, 2.24) is 14.8 Å². The molecule has 1 aromatic heterocycles. The van der Waals surface area contributed by atoms with Crippen LogP contribution in [0, 0.1) is 0 Å². The van der Waals surface area contributed by atoms with Gasteiger partial charge in [0.05, 0.1) is 6.04 Å². The molecule has 0 spiro atoms. The molecule has 2 aromatic rings. The number of benzene rings is 1. The summed E-state index contributed by atoms with van der Waals surface area (Å²) in [6, 6.07) is 11.3. The van der Waals surface area contributed by atoms with Crippen molar-refractivity contribution in [3.05, 3.63) is 58.9 Å². The van der Waals surface area contributed by atoms with Crippen LogP contribution in [0.5, 0.6) is 0 Å². The van der Waals surface area contributed by atoms with Crippen LogP contribution in [0.25, 0.3) is 0 Å². The van der Waals surface area contributed by atoms with Gasteiger partial charge in [0, 0.05) is 36.0 Å². The molecule has 0 bridgehead atoms. The highest BCUT2D eigenvalue weighted by Crippen LogP contribution is 2.33. The first-order valence-electron chi connectivity index (χ1n) is 8.45. The number of carbonyl (C=O) groups is 2. The lowest BCUT2D eigenvalue weighted by molar-refractivity contribution is -0.138. The normalized spacial score (nSPS) is 16.6. The van der Waals surface area contributed by atoms with Crippen LogP contribution in [0.2, 0.25) is 5.02 Å². The molecule has 0 radical (unpaired) electrons. The van der Waals surface area contributed by atoms with Crippen LogP contribution in [-0.4, -0.2) is 33.9 Å². The summed E-state index contributed by atoms with van der Waals surface area (Å²) in [5.41, 5.74) is 1.98. The highest BCUT2D eigenvalue weighted by atomic mass is 35.5. The molecule has 0 saturated heterocycles. The van der Waals surface area contributed by atoms with Gasteiger partial charge in [0.15, 0.2) is 0 Å². The van der Waals surface area contributed by atoms with Gasteiger partial charge in [0.1, 0.15) is 6.42 Å². The van der Waals surface area contributed by atoms with Crippen LogP contribution in [0.15, 0.2) is 42.6 Å². The van der Waals surface area contributed by atoms with Gasteiger partial charge in [-0.1, -0.05) is 23.7 Å². The van der Waals surface area contributed by atoms with E-state index in [0.29, 0.717) is 11.6 Å². The van der Waals surface area contributed by atoms with Gasteiger partial charge in [0.25, 0.3) is 0 Å². The van der Waals surface area contributed by atoms with Crippen molar-refractivity contribution >= 4 is 23.4 Å². The average molecular weight is 360 g/mol. The summed E-state index contributed by atoms with van der Waals surface area (Å²) in [6.45, 7) is 5.04. The molecule has 6 heteroatoms. The van der Waals surface area contributed by atoms with E-state index < -0.39 is 0 Å². The monoisotopic (exact) mass is 359 g/mol. The second-order valence-corrected chi connectivity index (χ2v) is 7.01. The van der Waals surface area contributed by atoms with Gasteiger partial charge in [0.2, 0.25) is 11.8 Å². The number of rotatable bonds is 4. The largest absolute Gasteiger partial charge is 0.353 e. The molecule has 0 saturated carbocycles. The van der Waals surface area contributed by atoms with Crippen LogP contribution in [0.4, 0.5) is 0 Å². The summed E-state index contributed by atoms with van der Waals surface area (Å²) < 4.78 is 2.14. The minimum absolute atomic E-state index is 0.0163. The third-order valence-electron chi connectivity index (χ3n) is 4.28. The lowest BCUT2D eigenvalue weighted by Crippen LogP contribution is -2.44. The highest BCUT2D eigenvalue weighted by Gasteiger charge is 2.32. The lowest BCUT2D eigenvalue weighted by atomic mass is 9.99. The first kappa shape index (κ1) is 17.5. The van der Waals surface area contributed by atoms with Crippen LogP contribution in [0.3, 0.4) is 0 Å². The minimum atomic E-state index is -0.245. The molecule has 0 unspecified atom stereocenters. The summed E-state index contributed by atoms with van der Waals surface area (Å²) in [5, 5.41) is 3.41. The maximum atomic E-state index is 12.8. The van der Waals surface area contributed by atoms with Gasteiger partial charge < -0.3 is 14.8 Å². The van der Waals surface area contributed by atoms with Crippen molar-refractivity contribution in [2.75, 3.05) is 6.54 Å².